The molecule has 0 aromatic rings. The van der Waals surface area contributed by atoms with E-state index in [9.17, 15) is 8.42 Å². The average Bonchev–Trinajstić information content (AvgIpc) is 2.29. The zero-order valence-corrected chi connectivity index (χ0v) is 11.3. The van der Waals surface area contributed by atoms with Crippen LogP contribution >= 0.6 is 0 Å². The fourth-order valence-corrected chi connectivity index (χ4v) is 4.19. The van der Waals surface area contributed by atoms with E-state index in [0.29, 0.717) is 32.8 Å². The number of piperazine rings is 1. The Hall–Kier alpha value is -0.210. The van der Waals surface area contributed by atoms with E-state index < -0.39 is 15.7 Å². The van der Waals surface area contributed by atoms with Crippen LogP contribution in [0.1, 0.15) is 13.8 Å². The van der Waals surface area contributed by atoms with Crippen molar-refractivity contribution in [2.75, 3.05) is 45.9 Å². The molecule has 0 atom stereocenters. The predicted octanol–water partition coefficient (Wildman–Crippen LogP) is -0.753. The van der Waals surface area contributed by atoms with Crippen molar-refractivity contribution in [3.05, 3.63) is 0 Å². The molecule has 0 aliphatic carbocycles. The number of ether oxygens (including phenoxy) is 1. The van der Waals surface area contributed by atoms with Gasteiger partial charge in [0.1, 0.15) is 0 Å². The van der Waals surface area contributed by atoms with Crippen LogP contribution in [-0.2, 0) is 14.9 Å². The molecule has 0 aromatic carbocycles. The summed E-state index contributed by atoms with van der Waals surface area (Å²) in [6.07, 6.45) is 0. The van der Waals surface area contributed by atoms with Crippen molar-refractivity contribution in [2.24, 2.45) is 0 Å². The summed E-state index contributed by atoms with van der Waals surface area (Å²) in [5.41, 5.74) is -0.456. The van der Waals surface area contributed by atoms with Gasteiger partial charge < -0.3 is 10.1 Å². The number of hydrogen-bond acceptors (Lipinski definition) is 4. The molecule has 0 saturated carbocycles. The number of morpholine rings is 1. The maximum Gasteiger partial charge on any atom is 0.282 e. The molecule has 0 radical (unpaired) electrons. The first-order chi connectivity index (χ1) is 7.94. The van der Waals surface area contributed by atoms with Crippen molar-refractivity contribution in [1.29, 1.82) is 0 Å². The fourth-order valence-electron chi connectivity index (χ4n) is 2.29. The van der Waals surface area contributed by atoms with E-state index in [-0.39, 0.29) is 0 Å². The van der Waals surface area contributed by atoms with Gasteiger partial charge in [0.25, 0.3) is 10.2 Å². The van der Waals surface area contributed by atoms with Crippen LogP contribution in [0.5, 0.6) is 0 Å². The minimum Gasteiger partial charge on any atom is -0.378 e. The van der Waals surface area contributed by atoms with E-state index in [0.717, 1.165) is 13.1 Å². The van der Waals surface area contributed by atoms with E-state index >= 15 is 0 Å². The summed E-state index contributed by atoms with van der Waals surface area (Å²) in [6, 6.07) is 0. The molecule has 7 heteroatoms. The summed E-state index contributed by atoms with van der Waals surface area (Å²) in [7, 11) is -3.35. The summed E-state index contributed by atoms with van der Waals surface area (Å²) in [5.74, 6) is 0. The first-order valence-corrected chi connectivity index (χ1v) is 7.41. The second-order valence-corrected chi connectivity index (χ2v) is 6.95. The van der Waals surface area contributed by atoms with Gasteiger partial charge in [0, 0.05) is 32.7 Å². The second kappa shape index (κ2) is 4.81. The lowest BCUT2D eigenvalue weighted by Gasteiger charge is -2.43. The van der Waals surface area contributed by atoms with Gasteiger partial charge in [-0.25, -0.2) is 0 Å². The summed E-state index contributed by atoms with van der Waals surface area (Å²) in [5, 5.41) is 3.16. The molecule has 100 valence electrons. The molecule has 0 bridgehead atoms. The smallest absolute Gasteiger partial charge is 0.282 e. The number of rotatable bonds is 2. The molecule has 2 aliphatic rings. The molecule has 0 aromatic heterocycles. The second-order valence-electron chi connectivity index (χ2n) is 5.09. The Bertz CT molecular complexity index is 363. The summed E-state index contributed by atoms with van der Waals surface area (Å²) < 4.78 is 33.6. The van der Waals surface area contributed by atoms with Crippen LogP contribution in [-0.4, -0.2) is 68.5 Å². The van der Waals surface area contributed by atoms with Gasteiger partial charge in [-0.3, -0.25) is 0 Å². The Morgan fingerprint density at radius 1 is 1.18 bits per heavy atom. The van der Waals surface area contributed by atoms with Crippen LogP contribution in [0.2, 0.25) is 0 Å². The third-order valence-electron chi connectivity index (χ3n) is 3.25. The van der Waals surface area contributed by atoms with E-state index in [2.05, 4.69) is 5.32 Å². The quantitative estimate of drug-likeness (QED) is 0.712. The Kier molecular flexibility index (Phi) is 3.74. The lowest BCUT2D eigenvalue weighted by atomic mass is 10.1. The standard InChI is InChI=1S/C10H21N3O3S/c1-10(2)9-16-8-7-13(10)17(14,15)12-5-3-11-4-6-12/h11H,3-9H2,1-2H3. The first-order valence-electron chi connectivity index (χ1n) is 6.01. The molecule has 2 heterocycles. The monoisotopic (exact) mass is 263 g/mol. The zero-order valence-electron chi connectivity index (χ0n) is 10.5. The molecule has 1 N–H and O–H groups in total. The highest BCUT2D eigenvalue weighted by atomic mass is 32.2. The average molecular weight is 263 g/mol. The topological polar surface area (TPSA) is 61.9 Å². The lowest BCUT2D eigenvalue weighted by molar-refractivity contribution is -0.0107. The third-order valence-corrected chi connectivity index (χ3v) is 5.50. The van der Waals surface area contributed by atoms with Crippen molar-refractivity contribution in [3.8, 4) is 0 Å². The predicted molar refractivity (Wildman–Crippen MR) is 65.0 cm³/mol. The molecule has 2 rings (SSSR count). The van der Waals surface area contributed by atoms with Crippen molar-refractivity contribution in [2.45, 2.75) is 19.4 Å². The number of nitrogens with zero attached hydrogens (tertiary/aromatic N) is 2. The molecular formula is C10H21N3O3S. The van der Waals surface area contributed by atoms with Gasteiger partial charge in [0.15, 0.2) is 0 Å². The fraction of sp³-hybridized carbons (Fsp3) is 1.00. The Balaban J connectivity index is 2.18. The van der Waals surface area contributed by atoms with Crippen LogP contribution in [0.3, 0.4) is 0 Å². The molecule has 0 unspecified atom stereocenters. The highest BCUT2D eigenvalue weighted by molar-refractivity contribution is 7.86. The molecule has 2 aliphatic heterocycles. The van der Waals surface area contributed by atoms with E-state index in [1.165, 1.54) is 0 Å². The number of nitrogens with one attached hydrogen (secondary N) is 1. The molecule has 2 fully saturated rings. The van der Waals surface area contributed by atoms with Crippen LogP contribution in [0.15, 0.2) is 0 Å². The Labute approximate surface area is 103 Å². The van der Waals surface area contributed by atoms with Crippen molar-refractivity contribution >= 4 is 10.2 Å². The van der Waals surface area contributed by atoms with Gasteiger partial charge in [-0.05, 0) is 13.8 Å². The molecular weight excluding hydrogens is 242 g/mol. The number of hydrogen-bond donors (Lipinski definition) is 1. The zero-order chi connectivity index (χ0) is 12.5. The van der Waals surface area contributed by atoms with Gasteiger partial charge in [-0.2, -0.15) is 17.0 Å². The van der Waals surface area contributed by atoms with E-state index in [1.807, 2.05) is 13.8 Å². The highest BCUT2D eigenvalue weighted by Crippen LogP contribution is 2.24. The van der Waals surface area contributed by atoms with Crippen molar-refractivity contribution < 1.29 is 13.2 Å². The van der Waals surface area contributed by atoms with E-state index in [1.54, 1.807) is 8.61 Å². The minimum atomic E-state index is -3.35. The Morgan fingerprint density at radius 2 is 1.82 bits per heavy atom. The molecule has 2 saturated heterocycles. The normalized spacial score (nSPS) is 28.1. The molecule has 0 spiro atoms. The van der Waals surface area contributed by atoms with Gasteiger partial charge >= 0.3 is 0 Å². The third kappa shape index (κ3) is 2.63. The first kappa shape index (κ1) is 13.2. The molecule has 17 heavy (non-hydrogen) atoms. The summed E-state index contributed by atoms with van der Waals surface area (Å²) in [6.45, 7) is 7.75. The van der Waals surface area contributed by atoms with Gasteiger partial charge in [-0.15, -0.1) is 0 Å². The lowest BCUT2D eigenvalue weighted by Crippen LogP contribution is -2.61. The SMILES string of the molecule is CC1(C)COCCN1S(=O)(=O)N1CCNCC1. The van der Waals surface area contributed by atoms with Crippen molar-refractivity contribution in [3.63, 3.8) is 0 Å². The highest BCUT2D eigenvalue weighted by Gasteiger charge is 2.42. The minimum absolute atomic E-state index is 0.444. The molecule has 0 amide bonds. The Morgan fingerprint density at radius 3 is 2.41 bits per heavy atom. The molecule has 6 nitrogen and oxygen atoms in total. The largest absolute Gasteiger partial charge is 0.378 e. The summed E-state index contributed by atoms with van der Waals surface area (Å²) >= 11 is 0. The van der Waals surface area contributed by atoms with Crippen LogP contribution in [0.25, 0.3) is 0 Å². The van der Waals surface area contributed by atoms with Gasteiger partial charge in [0.05, 0.1) is 18.8 Å². The van der Waals surface area contributed by atoms with Crippen LogP contribution < -0.4 is 5.32 Å². The van der Waals surface area contributed by atoms with Gasteiger partial charge in [-0.1, -0.05) is 0 Å². The maximum absolute atomic E-state index is 12.5. The van der Waals surface area contributed by atoms with Crippen LogP contribution in [0, 0.1) is 0 Å². The van der Waals surface area contributed by atoms with Crippen molar-refractivity contribution in [1.82, 2.24) is 13.9 Å². The van der Waals surface area contributed by atoms with Gasteiger partial charge in [0.2, 0.25) is 0 Å². The van der Waals surface area contributed by atoms with Crippen LogP contribution in [0.4, 0.5) is 0 Å². The summed E-state index contributed by atoms with van der Waals surface area (Å²) in [4.78, 5) is 0. The maximum atomic E-state index is 12.5. The van der Waals surface area contributed by atoms with E-state index in [4.69, 9.17) is 4.74 Å².